The third-order valence-electron chi connectivity index (χ3n) is 2.96. The number of nitrogens with one attached hydrogen (secondary N) is 2. The van der Waals surface area contributed by atoms with Crippen molar-refractivity contribution >= 4 is 17.9 Å². The second kappa shape index (κ2) is 8.79. The molecule has 0 bridgehead atoms. The number of hydrogen-bond acceptors (Lipinski definition) is 8. The van der Waals surface area contributed by atoms with Crippen LogP contribution in [0.1, 0.15) is 43.6 Å². The first-order valence-corrected chi connectivity index (χ1v) is 7.02. The lowest BCUT2D eigenvalue weighted by molar-refractivity contribution is -0.135. The Labute approximate surface area is 136 Å². The number of nitrogens with two attached hydrogens (primary N) is 2. The van der Waals surface area contributed by atoms with Crippen LogP contribution in [0.5, 0.6) is 0 Å². The highest BCUT2D eigenvalue weighted by atomic mass is 16.5. The highest BCUT2D eigenvalue weighted by Gasteiger charge is 2.25. The summed E-state index contributed by atoms with van der Waals surface area (Å²) in [6.45, 7) is 0.860. The molecule has 1 rings (SSSR count). The number of aliphatic carboxylic acids is 1. The predicted molar refractivity (Wildman–Crippen MR) is 78.2 cm³/mol. The number of amides is 3. The molecule has 0 saturated carbocycles. The minimum atomic E-state index is -1.22. The van der Waals surface area contributed by atoms with E-state index in [1.165, 1.54) is 6.92 Å². The average Bonchev–Trinajstić information content (AvgIpc) is 2.97. The van der Waals surface area contributed by atoms with Crippen molar-refractivity contribution in [3.8, 4) is 0 Å². The maximum Gasteiger partial charge on any atom is 0.323 e. The van der Waals surface area contributed by atoms with Crippen molar-refractivity contribution in [2.75, 3.05) is 6.54 Å². The zero-order chi connectivity index (χ0) is 18.3. The van der Waals surface area contributed by atoms with Gasteiger partial charge in [-0.1, -0.05) is 5.16 Å². The molecule has 3 atom stereocenters. The molecule has 134 valence electrons. The number of carbonyl (C=O) groups excluding carboxylic acids is 2. The molecule has 24 heavy (non-hydrogen) atoms. The van der Waals surface area contributed by atoms with Gasteiger partial charge in [0.1, 0.15) is 12.6 Å². The Morgan fingerprint density at radius 3 is 2.58 bits per heavy atom. The molecule has 0 unspecified atom stereocenters. The SMILES string of the molecule is C[C@@H](O)[C@H](N)c1noc([C@H](CCC(N)=O)NC(=O)NCC(=O)O)n1. The van der Waals surface area contributed by atoms with Crippen LogP contribution >= 0.6 is 0 Å². The van der Waals surface area contributed by atoms with Crippen molar-refractivity contribution in [3.63, 3.8) is 0 Å². The molecule has 0 aromatic carbocycles. The third kappa shape index (κ3) is 6.18. The van der Waals surface area contributed by atoms with E-state index in [4.69, 9.17) is 21.1 Å². The standard InChI is InChI=1S/C12H20N6O6/c1-5(19)9(14)10-17-11(24-18-10)6(2-3-7(13)20)16-12(23)15-4-8(21)22/h5-6,9,19H,2-4,14H2,1H3,(H2,13,20)(H,21,22)(H2,15,16,23)/t5-,6+,9+/m1/s1. The van der Waals surface area contributed by atoms with Crippen LogP contribution in [0.3, 0.4) is 0 Å². The predicted octanol–water partition coefficient (Wildman–Crippen LogP) is -1.86. The lowest BCUT2D eigenvalue weighted by Crippen LogP contribution is -2.40. The van der Waals surface area contributed by atoms with Crippen molar-refractivity contribution in [2.24, 2.45) is 11.5 Å². The van der Waals surface area contributed by atoms with Gasteiger partial charge in [-0.15, -0.1) is 0 Å². The monoisotopic (exact) mass is 344 g/mol. The van der Waals surface area contributed by atoms with Crippen LogP contribution < -0.4 is 22.1 Å². The first-order chi connectivity index (χ1) is 11.2. The van der Waals surface area contributed by atoms with E-state index in [0.717, 1.165) is 0 Å². The summed E-state index contributed by atoms with van der Waals surface area (Å²) in [7, 11) is 0. The van der Waals surface area contributed by atoms with Crippen LogP contribution in [0.4, 0.5) is 4.79 Å². The topological polar surface area (TPSA) is 207 Å². The number of carboxylic acid groups (broad SMARTS) is 1. The fraction of sp³-hybridized carbons (Fsp3) is 0.583. The molecule has 12 heteroatoms. The molecular weight excluding hydrogens is 324 g/mol. The van der Waals surface area contributed by atoms with Gasteiger partial charge < -0.3 is 36.8 Å². The minimum Gasteiger partial charge on any atom is -0.480 e. The lowest BCUT2D eigenvalue weighted by atomic mass is 10.1. The summed E-state index contributed by atoms with van der Waals surface area (Å²) in [5.74, 6) is -1.85. The minimum absolute atomic E-state index is 0.0248. The van der Waals surface area contributed by atoms with E-state index in [-0.39, 0.29) is 24.6 Å². The van der Waals surface area contributed by atoms with Crippen LogP contribution in [0.2, 0.25) is 0 Å². The molecule has 0 saturated heterocycles. The molecule has 0 spiro atoms. The summed E-state index contributed by atoms with van der Waals surface area (Å²) in [4.78, 5) is 37.0. The van der Waals surface area contributed by atoms with Gasteiger partial charge in [0.05, 0.1) is 12.1 Å². The van der Waals surface area contributed by atoms with Crippen LogP contribution in [0.25, 0.3) is 0 Å². The molecule has 0 aliphatic carbocycles. The maximum atomic E-state index is 11.7. The lowest BCUT2D eigenvalue weighted by Gasteiger charge is -2.14. The summed E-state index contributed by atoms with van der Waals surface area (Å²) in [5, 5.41) is 26.1. The van der Waals surface area contributed by atoms with Gasteiger partial charge in [-0.05, 0) is 13.3 Å². The van der Waals surface area contributed by atoms with E-state index in [0.29, 0.717) is 0 Å². The zero-order valence-corrected chi connectivity index (χ0v) is 12.9. The fourth-order valence-corrected chi connectivity index (χ4v) is 1.65. The molecule has 1 aromatic heterocycles. The largest absolute Gasteiger partial charge is 0.480 e. The Morgan fingerprint density at radius 2 is 2.04 bits per heavy atom. The number of primary amides is 1. The van der Waals surface area contributed by atoms with Gasteiger partial charge in [0.25, 0.3) is 0 Å². The van der Waals surface area contributed by atoms with Gasteiger partial charge >= 0.3 is 12.0 Å². The molecule has 0 aliphatic rings. The molecule has 0 aliphatic heterocycles. The number of carbonyl (C=O) groups is 3. The number of urea groups is 1. The van der Waals surface area contributed by atoms with E-state index < -0.39 is 42.6 Å². The Balaban J connectivity index is 2.83. The zero-order valence-electron chi connectivity index (χ0n) is 12.9. The number of hydrogen-bond donors (Lipinski definition) is 6. The highest BCUT2D eigenvalue weighted by Crippen LogP contribution is 2.19. The Kier molecular flexibility index (Phi) is 7.07. The van der Waals surface area contributed by atoms with Gasteiger partial charge in [0.2, 0.25) is 11.8 Å². The molecule has 12 nitrogen and oxygen atoms in total. The molecule has 1 heterocycles. The van der Waals surface area contributed by atoms with Crippen LogP contribution in [0.15, 0.2) is 4.52 Å². The second-order valence-electron chi connectivity index (χ2n) is 5.04. The van der Waals surface area contributed by atoms with E-state index in [2.05, 4.69) is 20.8 Å². The number of rotatable bonds is 9. The Bertz CT molecular complexity index is 588. The van der Waals surface area contributed by atoms with Gasteiger partial charge in [0, 0.05) is 6.42 Å². The Morgan fingerprint density at radius 1 is 1.38 bits per heavy atom. The first kappa shape index (κ1) is 19.3. The van der Waals surface area contributed by atoms with Crippen molar-refractivity contribution in [1.82, 2.24) is 20.8 Å². The third-order valence-corrected chi connectivity index (χ3v) is 2.96. The van der Waals surface area contributed by atoms with E-state index in [1.54, 1.807) is 0 Å². The number of aliphatic hydroxyl groups excluding tert-OH is 1. The van der Waals surface area contributed by atoms with Crippen LogP contribution in [0, 0.1) is 0 Å². The molecule has 1 aromatic rings. The van der Waals surface area contributed by atoms with Crippen LogP contribution in [-0.2, 0) is 9.59 Å². The molecule has 3 amide bonds. The molecular formula is C12H20N6O6. The van der Waals surface area contributed by atoms with E-state index >= 15 is 0 Å². The summed E-state index contributed by atoms with van der Waals surface area (Å²) in [6.07, 6.45) is -0.947. The number of aliphatic hydroxyl groups is 1. The van der Waals surface area contributed by atoms with Crippen molar-refractivity contribution in [2.45, 2.75) is 38.0 Å². The molecule has 0 radical (unpaired) electrons. The van der Waals surface area contributed by atoms with E-state index in [9.17, 15) is 19.5 Å². The van der Waals surface area contributed by atoms with Gasteiger partial charge in [-0.3, -0.25) is 9.59 Å². The number of carboxylic acids is 1. The normalized spacial score (nSPS) is 14.5. The fourth-order valence-electron chi connectivity index (χ4n) is 1.65. The maximum absolute atomic E-state index is 11.7. The second-order valence-corrected chi connectivity index (χ2v) is 5.04. The first-order valence-electron chi connectivity index (χ1n) is 7.02. The van der Waals surface area contributed by atoms with Crippen molar-refractivity contribution < 1.29 is 29.1 Å². The summed E-state index contributed by atoms with van der Waals surface area (Å²) in [5.41, 5.74) is 10.8. The number of aromatic nitrogens is 2. The van der Waals surface area contributed by atoms with E-state index in [1.807, 2.05) is 0 Å². The van der Waals surface area contributed by atoms with Gasteiger partial charge in [-0.25, -0.2) is 4.79 Å². The average molecular weight is 344 g/mol. The summed E-state index contributed by atoms with van der Waals surface area (Å²) >= 11 is 0. The summed E-state index contributed by atoms with van der Waals surface area (Å²) in [6, 6.07) is -2.57. The smallest absolute Gasteiger partial charge is 0.323 e. The highest BCUT2D eigenvalue weighted by molar-refractivity contribution is 5.80. The van der Waals surface area contributed by atoms with Crippen LogP contribution in [-0.4, -0.2) is 50.9 Å². The van der Waals surface area contributed by atoms with Crippen molar-refractivity contribution in [1.29, 1.82) is 0 Å². The van der Waals surface area contributed by atoms with Gasteiger partial charge in [0.15, 0.2) is 5.82 Å². The van der Waals surface area contributed by atoms with Crippen molar-refractivity contribution in [3.05, 3.63) is 11.7 Å². The summed E-state index contributed by atoms with van der Waals surface area (Å²) < 4.78 is 4.99. The van der Waals surface area contributed by atoms with Gasteiger partial charge in [-0.2, -0.15) is 4.98 Å². The number of nitrogens with zero attached hydrogens (tertiary/aromatic N) is 2. The molecule has 8 N–H and O–H groups in total. The molecule has 0 fully saturated rings. The Hall–Kier alpha value is -2.73. The quantitative estimate of drug-likeness (QED) is 0.296.